The summed E-state index contributed by atoms with van der Waals surface area (Å²) in [6.07, 6.45) is 1.29. The van der Waals surface area contributed by atoms with Crippen molar-refractivity contribution in [2.75, 3.05) is 5.32 Å². The van der Waals surface area contributed by atoms with E-state index in [9.17, 15) is 25.0 Å². The average molecular weight is 401 g/mol. The Morgan fingerprint density at radius 2 is 1.97 bits per heavy atom. The van der Waals surface area contributed by atoms with E-state index in [-0.39, 0.29) is 33.6 Å². The highest BCUT2D eigenvalue weighted by molar-refractivity contribution is 6.05. The molecule has 30 heavy (non-hydrogen) atoms. The number of carbonyl (C=O) groups is 1. The number of anilines is 1. The number of fused-ring (bicyclic) bond motifs is 1. The van der Waals surface area contributed by atoms with Gasteiger partial charge in [0, 0.05) is 17.5 Å². The Balaban J connectivity index is 1.76. The molecule has 10 heteroatoms. The molecule has 0 spiro atoms. The van der Waals surface area contributed by atoms with Crippen LogP contribution in [0.5, 0.6) is 0 Å². The fourth-order valence-corrected chi connectivity index (χ4v) is 2.87. The number of carbonyl (C=O) groups excluding carboxylic acids is 1. The SMILES string of the molecule is N#Cc1cnn(-c2ccccc2)c1NC(=O)c1cc2cc([N+](=O)[O-])ccc2oc1=O. The molecule has 2 heterocycles. The predicted molar refractivity (Wildman–Crippen MR) is 105 cm³/mol. The molecule has 1 N–H and O–H groups in total. The summed E-state index contributed by atoms with van der Waals surface area (Å²) in [6, 6.07) is 15.6. The molecule has 0 aliphatic heterocycles. The molecule has 2 aromatic heterocycles. The third-order valence-corrected chi connectivity index (χ3v) is 4.29. The Hall–Kier alpha value is -4.78. The number of rotatable bonds is 4. The standard InChI is InChI=1S/C20H11N5O5/c21-10-13-11-22-24(14-4-2-1-3-5-14)18(13)23-19(26)16-9-12-8-15(25(28)29)6-7-17(12)30-20(16)27/h1-9,11H,(H,23,26). The zero-order valence-corrected chi connectivity index (χ0v) is 15.1. The Bertz CT molecular complexity index is 1400. The number of nitriles is 1. The smallest absolute Gasteiger partial charge is 0.349 e. The van der Waals surface area contributed by atoms with E-state index in [0.29, 0.717) is 5.69 Å². The van der Waals surface area contributed by atoms with Crippen molar-refractivity contribution < 1.29 is 14.1 Å². The van der Waals surface area contributed by atoms with Crippen molar-refractivity contribution in [2.24, 2.45) is 0 Å². The van der Waals surface area contributed by atoms with Gasteiger partial charge in [-0.05, 0) is 24.3 Å². The van der Waals surface area contributed by atoms with Crippen molar-refractivity contribution in [3.63, 3.8) is 0 Å². The normalized spacial score (nSPS) is 10.5. The van der Waals surface area contributed by atoms with E-state index < -0.39 is 16.5 Å². The van der Waals surface area contributed by atoms with Gasteiger partial charge in [0.1, 0.15) is 22.8 Å². The van der Waals surface area contributed by atoms with E-state index in [2.05, 4.69) is 10.4 Å². The molecule has 4 rings (SSSR count). The van der Waals surface area contributed by atoms with E-state index in [1.165, 1.54) is 35.1 Å². The van der Waals surface area contributed by atoms with Crippen LogP contribution in [0.25, 0.3) is 16.7 Å². The number of hydrogen-bond acceptors (Lipinski definition) is 7. The first-order valence-electron chi connectivity index (χ1n) is 8.55. The minimum atomic E-state index is -0.918. The quantitative estimate of drug-likeness (QED) is 0.314. The van der Waals surface area contributed by atoms with E-state index in [1.54, 1.807) is 30.3 Å². The first-order valence-corrected chi connectivity index (χ1v) is 8.55. The van der Waals surface area contributed by atoms with Crippen LogP contribution in [-0.4, -0.2) is 20.6 Å². The van der Waals surface area contributed by atoms with Crippen molar-refractivity contribution in [1.29, 1.82) is 5.26 Å². The molecule has 0 unspecified atom stereocenters. The summed E-state index contributed by atoms with van der Waals surface area (Å²) in [7, 11) is 0. The summed E-state index contributed by atoms with van der Waals surface area (Å²) < 4.78 is 6.46. The van der Waals surface area contributed by atoms with Crippen molar-refractivity contribution in [3.8, 4) is 11.8 Å². The summed E-state index contributed by atoms with van der Waals surface area (Å²) in [5.74, 6) is -0.765. The van der Waals surface area contributed by atoms with Gasteiger partial charge in [0.25, 0.3) is 11.6 Å². The number of benzene rings is 2. The van der Waals surface area contributed by atoms with Crippen molar-refractivity contribution in [2.45, 2.75) is 0 Å². The summed E-state index contributed by atoms with van der Waals surface area (Å²) >= 11 is 0. The molecule has 0 aliphatic carbocycles. The molecule has 4 aromatic rings. The number of hydrogen-bond donors (Lipinski definition) is 1. The molecule has 0 bridgehead atoms. The Labute approximate surface area is 167 Å². The number of nitrogens with one attached hydrogen (secondary N) is 1. The molecule has 0 radical (unpaired) electrons. The lowest BCUT2D eigenvalue weighted by Gasteiger charge is -2.09. The first kappa shape index (κ1) is 18.6. The number of non-ortho nitro benzene ring substituents is 1. The molecule has 10 nitrogen and oxygen atoms in total. The Kier molecular flexibility index (Phi) is 4.54. The number of aromatic nitrogens is 2. The fraction of sp³-hybridized carbons (Fsp3) is 0. The van der Waals surface area contributed by atoms with Gasteiger partial charge < -0.3 is 9.73 Å². The van der Waals surface area contributed by atoms with Crippen LogP contribution in [0.1, 0.15) is 15.9 Å². The summed E-state index contributed by atoms with van der Waals surface area (Å²) in [4.78, 5) is 35.5. The molecule has 2 aromatic carbocycles. The summed E-state index contributed by atoms with van der Waals surface area (Å²) in [5, 5.41) is 27.2. The van der Waals surface area contributed by atoms with Gasteiger partial charge in [-0.3, -0.25) is 14.9 Å². The molecule has 0 fully saturated rings. The fourth-order valence-electron chi connectivity index (χ4n) is 2.87. The molecule has 0 aliphatic rings. The van der Waals surface area contributed by atoms with Crippen LogP contribution in [0.2, 0.25) is 0 Å². The average Bonchev–Trinajstić information content (AvgIpc) is 3.15. The number of nitro benzene ring substituents is 1. The highest BCUT2D eigenvalue weighted by Crippen LogP contribution is 2.22. The number of amides is 1. The van der Waals surface area contributed by atoms with Gasteiger partial charge in [0.2, 0.25) is 0 Å². The van der Waals surface area contributed by atoms with Gasteiger partial charge in [0.15, 0.2) is 5.82 Å². The van der Waals surface area contributed by atoms with E-state index >= 15 is 0 Å². The Morgan fingerprint density at radius 1 is 1.20 bits per heavy atom. The van der Waals surface area contributed by atoms with Gasteiger partial charge in [-0.2, -0.15) is 10.4 Å². The van der Waals surface area contributed by atoms with E-state index in [4.69, 9.17) is 4.42 Å². The van der Waals surface area contributed by atoms with Gasteiger partial charge in [-0.1, -0.05) is 18.2 Å². The van der Waals surface area contributed by atoms with Gasteiger partial charge >= 0.3 is 5.63 Å². The van der Waals surface area contributed by atoms with Crippen LogP contribution < -0.4 is 10.9 Å². The van der Waals surface area contributed by atoms with Crippen LogP contribution in [0.15, 0.2) is 70.0 Å². The van der Waals surface area contributed by atoms with Gasteiger partial charge in [0.05, 0.1) is 16.8 Å². The monoisotopic (exact) mass is 401 g/mol. The lowest BCUT2D eigenvalue weighted by atomic mass is 10.1. The first-order chi connectivity index (χ1) is 14.5. The van der Waals surface area contributed by atoms with E-state index in [0.717, 1.165) is 0 Å². The van der Waals surface area contributed by atoms with Crippen LogP contribution >= 0.6 is 0 Å². The van der Waals surface area contributed by atoms with Crippen molar-refractivity contribution in [3.05, 3.63) is 92.5 Å². The lowest BCUT2D eigenvalue weighted by molar-refractivity contribution is -0.384. The maximum absolute atomic E-state index is 12.8. The summed E-state index contributed by atoms with van der Waals surface area (Å²) in [6.45, 7) is 0. The number of nitrogens with zero attached hydrogens (tertiary/aromatic N) is 4. The molecule has 0 atom stereocenters. The molecule has 146 valence electrons. The van der Waals surface area contributed by atoms with Crippen molar-refractivity contribution in [1.82, 2.24) is 9.78 Å². The molecule has 1 amide bonds. The highest BCUT2D eigenvalue weighted by Gasteiger charge is 2.20. The molecular formula is C20H11N5O5. The third kappa shape index (κ3) is 3.27. The van der Waals surface area contributed by atoms with Crippen LogP contribution in [0, 0.1) is 21.4 Å². The third-order valence-electron chi connectivity index (χ3n) is 4.29. The molecule has 0 saturated heterocycles. The van der Waals surface area contributed by atoms with Crippen LogP contribution in [0.4, 0.5) is 11.5 Å². The topological polar surface area (TPSA) is 144 Å². The van der Waals surface area contributed by atoms with Crippen LogP contribution in [0.3, 0.4) is 0 Å². The molecule has 0 saturated carbocycles. The zero-order chi connectivity index (χ0) is 21.3. The zero-order valence-electron chi connectivity index (χ0n) is 15.1. The lowest BCUT2D eigenvalue weighted by Crippen LogP contribution is -2.22. The van der Waals surface area contributed by atoms with E-state index in [1.807, 2.05) is 6.07 Å². The largest absolute Gasteiger partial charge is 0.422 e. The van der Waals surface area contributed by atoms with Gasteiger partial charge in [-0.15, -0.1) is 0 Å². The maximum Gasteiger partial charge on any atom is 0.349 e. The maximum atomic E-state index is 12.8. The van der Waals surface area contributed by atoms with Gasteiger partial charge in [-0.25, -0.2) is 9.48 Å². The second kappa shape index (κ2) is 7.33. The van der Waals surface area contributed by atoms with Crippen molar-refractivity contribution >= 4 is 28.4 Å². The second-order valence-corrected chi connectivity index (χ2v) is 6.15. The second-order valence-electron chi connectivity index (χ2n) is 6.15. The predicted octanol–water partition coefficient (Wildman–Crippen LogP) is 3.01. The number of para-hydroxylation sites is 1. The molecular weight excluding hydrogens is 390 g/mol. The minimum Gasteiger partial charge on any atom is -0.422 e. The highest BCUT2D eigenvalue weighted by atomic mass is 16.6. The Morgan fingerprint density at radius 3 is 2.67 bits per heavy atom. The number of nitro groups is 1. The minimum absolute atomic E-state index is 0.0761. The van der Waals surface area contributed by atoms with Crippen LogP contribution in [-0.2, 0) is 0 Å². The summed E-state index contributed by atoms with van der Waals surface area (Å²) in [5.41, 5.74) is -0.708.